The van der Waals surface area contributed by atoms with Crippen molar-refractivity contribution >= 4 is 6.09 Å². The molecule has 1 fully saturated rings. The van der Waals surface area contributed by atoms with E-state index < -0.39 is 23.8 Å². The summed E-state index contributed by atoms with van der Waals surface area (Å²) in [6.07, 6.45) is -1.62. The smallest absolute Gasteiger partial charge is 0.408 e. The van der Waals surface area contributed by atoms with Gasteiger partial charge in [0, 0.05) is 0 Å². The Morgan fingerprint density at radius 1 is 1.33 bits per heavy atom. The molecule has 5 heteroatoms. The molecule has 0 bridgehead atoms. The number of alkyl carbamates (subject to hydrolysis) is 1. The monoisotopic (exact) mass is 293 g/mol. The minimum absolute atomic E-state index is 0.00616. The van der Waals surface area contributed by atoms with Crippen LogP contribution in [0.4, 0.5) is 4.79 Å². The van der Waals surface area contributed by atoms with Crippen molar-refractivity contribution in [2.45, 2.75) is 57.6 Å². The fourth-order valence-electron chi connectivity index (χ4n) is 2.21. The van der Waals surface area contributed by atoms with Crippen LogP contribution in [0.25, 0.3) is 0 Å². The minimum Gasteiger partial charge on any atom is -0.444 e. The van der Waals surface area contributed by atoms with E-state index in [1.165, 1.54) is 0 Å². The molecule has 5 nitrogen and oxygen atoms in total. The molecule has 0 aromatic heterocycles. The second-order valence-corrected chi connectivity index (χ2v) is 6.33. The van der Waals surface area contributed by atoms with Gasteiger partial charge in [0.15, 0.2) is 0 Å². The Labute approximate surface area is 125 Å². The Hall–Kier alpha value is -1.59. The lowest BCUT2D eigenvalue weighted by Gasteiger charge is -2.26. The molecule has 0 spiro atoms. The van der Waals surface area contributed by atoms with E-state index in [-0.39, 0.29) is 12.2 Å². The van der Waals surface area contributed by atoms with Gasteiger partial charge < -0.3 is 19.9 Å². The first-order valence-electron chi connectivity index (χ1n) is 7.16. The van der Waals surface area contributed by atoms with Crippen molar-refractivity contribution in [2.24, 2.45) is 0 Å². The Kier molecular flexibility index (Phi) is 4.54. The van der Waals surface area contributed by atoms with Gasteiger partial charge in [-0.15, -0.1) is 0 Å². The first kappa shape index (κ1) is 15.8. The maximum atomic E-state index is 12.0. The lowest BCUT2D eigenvalue weighted by molar-refractivity contribution is 0.0385. The lowest BCUT2D eigenvalue weighted by atomic mass is 9.98. The number of aliphatic hydroxyl groups is 1. The number of carbonyl (C=O) groups is 1. The molecule has 1 aromatic carbocycles. The minimum atomic E-state index is -0.810. The summed E-state index contributed by atoms with van der Waals surface area (Å²) in [4.78, 5) is 12.0. The quantitative estimate of drug-likeness (QED) is 0.836. The van der Waals surface area contributed by atoms with Gasteiger partial charge in [0.1, 0.15) is 17.8 Å². The zero-order valence-corrected chi connectivity index (χ0v) is 12.9. The average molecular weight is 293 g/mol. The molecular formula is C16H23NO4. The SMILES string of the molecule is C[C@H]1O[C@@H]1[C@@H](O)[C@@H](NC(=O)OC(C)(C)C)c1ccccc1. The van der Waals surface area contributed by atoms with Crippen LogP contribution in [-0.4, -0.2) is 35.1 Å². The van der Waals surface area contributed by atoms with Crippen molar-refractivity contribution in [2.75, 3.05) is 0 Å². The van der Waals surface area contributed by atoms with Crippen molar-refractivity contribution in [1.29, 1.82) is 0 Å². The Morgan fingerprint density at radius 2 is 1.90 bits per heavy atom. The van der Waals surface area contributed by atoms with Crippen molar-refractivity contribution in [1.82, 2.24) is 5.32 Å². The van der Waals surface area contributed by atoms with Crippen molar-refractivity contribution < 1.29 is 19.4 Å². The van der Waals surface area contributed by atoms with Crippen LogP contribution in [0.15, 0.2) is 30.3 Å². The van der Waals surface area contributed by atoms with Gasteiger partial charge in [-0.05, 0) is 33.3 Å². The highest BCUT2D eigenvalue weighted by atomic mass is 16.6. The topological polar surface area (TPSA) is 71.1 Å². The molecule has 0 saturated carbocycles. The van der Waals surface area contributed by atoms with Crippen LogP contribution in [0.1, 0.15) is 39.3 Å². The van der Waals surface area contributed by atoms with Crippen LogP contribution in [-0.2, 0) is 9.47 Å². The summed E-state index contributed by atoms with van der Waals surface area (Å²) in [6, 6.07) is 8.77. The molecule has 1 aromatic rings. The number of amides is 1. The molecule has 116 valence electrons. The van der Waals surface area contributed by atoms with Gasteiger partial charge in [-0.1, -0.05) is 30.3 Å². The number of rotatable bonds is 4. The Morgan fingerprint density at radius 3 is 2.38 bits per heavy atom. The molecule has 0 radical (unpaired) electrons. The predicted molar refractivity (Wildman–Crippen MR) is 78.9 cm³/mol. The third-order valence-electron chi connectivity index (χ3n) is 3.27. The van der Waals surface area contributed by atoms with Crippen LogP contribution < -0.4 is 5.32 Å². The highest BCUT2D eigenvalue weighted by Crippen LogP contribution is 2.32. The maximum absolute atomic E-state index is 12.0. The summed E-state index contributed by atoms with van der Waals surface area (Å²) in [5, 5.41) is 13.2. The largest absolute Gasteiger partial charge is 0.444 e. The lowest BCUT2D eigenvalue weighted by Crippen LogP contribution is -2.41. The van der Waals surface area contributed by atoms with E-state index in [1.807, 2.05) is 37.3 Å². The second kappa shape index (κ2) is 6.03. The van der Waals surface area contributed by atoms with Crippen molar-refractivity contribution in [3.05, 3.63) is 35.9 Å². The van der Waals surface area contributed by atoms with Gasteiger partial charge >= 0.3 is 6.09 Å². The summed E-state index contributed by atoms with van der Waals surface area (Å²) in [5.41, 5.74) is 0.234. The molecule has 1 saturated heterocycles. The number of epoxide rings is 1. The highest BCUT2D eigenvalue weighted by molar-refractivity contribution is 5.68. The molecule has 1 amide bonds. The molecule has 2 rings (SSSR count). The van der Waals surface area contributed by atoms with Crippen LogP contribution in [0.2, 0.25) is 0 Å². The van der Waals surface area contributed by atoms with E-state index >= 15 is 0 Å². The number of hydrogen-bond donors (Lipinski definition) is 2. The zero-order valence-electron chi connectivity index (χ0n) is 12.9. The molecule has 21 heavy (non-hydrogen) atoms. The normalized spacial score (nSPS) is 24.0. The van der Waals surface area contributed by atoms with Crippen LogP contribution >= 0.6 is 0 Å². The third-order valence-corrected chi connectivity index (χ3v) is 3.27. The van der Waals surface area contributed by atoms with Gasteiger partial charge in [-0.3, -0.25) is 0 Å². The summed E-state index contributed by atoms with van der Waals surface area (Å²) < 4.78 is 10.6. The first-order valence-corrected chi connectivity index (χ1v) is 7.16. The number of ether oxygens (including phenoxy) is 2. The van der Waals surface area contributed by atoms with Gasteiger partial charge in [0.25, 0.3) is 0 Å². The van der Waals surface area contributed by atoms with Gasteiger partial charge in [0.05, 0.1) is 12.1 Å². The van der Waals surface area contributed by atoms with Crippen LogP contribution in [0, 0.1) is 0 Å². The molecule has 1 heterocycles. The third kappa shape index (κ3) is 4.44. The van der Waals surface area contributed by atoms with E-state index in [0.29, 0.717) is 0 Å². The van der Waals surface area contributed by atoms with E-state index in [4.69, 9.17) is 9.47 Å². The summed E-state index contributed by atoms with van der Waals surface area (Å²) in [7, 11) is 0. The van der Waals surface area contributed by atoms with Crippen LogP contribution in [0.3, 0.4) is 0 Å². The highest BCUT2D eigenvalue weighted by Gasteiger charge is 2.45. The molecule has 0 unspecified atom stereocenters. The second-order valence-electron chi connectivity index (χ2n) is 6.33. The number of benzene rings is 1. The Bertz CT molecular complexity index is 483. The molecule has 2 N–H and O–H groups in total. The molecule has 4 atom stereocenters. The van der Waals surface area contributed by atoms with Crippen molar-refractivity contribution in [3.63, 3.8) is 0 Å². The summed E-state index contributed by atoms with van der Waals surface area (Å²) in [5.74, 6) is 0. The number of carbonyl (C=O) groups excluding carboxylic acids is 1. The van der Waals surface area contributed by atoms with Gasteiger partial charge in [0.2, 0.25) is 0 Å². The molecular weight excluding hydrogens is 270 g/mol. The number of nitrogens with one attached hydrogen (secondary N) is 1. The summed E-state index contributed by atoms with van der Waals surface area (Å²) in [6.45, 7) is 7.29. The summed E-state index contributed by atoms with van der Waals surface area (Å²) >= 11 is 0. The zero-order chi connectivity index (χ0) is 15.6. The van der Waals surface area contributed by atoms with E-state index in [2.05, 4.69) is 5.32 Å². The standard InChI is InChI=1S/C16H23NO4/c1-10-14(20-10)13(18)12(11-8-6-5-7-9-11)17-15(19)21-16(2,3)4/h5-10,12-14,18H,1-4H3,(H,17,19)/t10-,12+,13+,14+/m1/s1. The Balaban J connectivity index is 2.11. The fourth-order valence-corrected chi connectivity index (χ4v) is 2.21. The predicted octanol–water partition coefficient (Wildman–Crippen LogP) is 2.40. The maximum Gasteiger partial charge on any atom is 0.408 e. The van der Waals surface area contributed by atoms with Gasteiger partial charge in [-0.2, -0.15) is 0 Å². The van der Waals surface area contributed by atoms with E-state index in [1.54, 1.807) is 20.8 Å². The van der Waals surface area contributed by atoms with E-state index in [0.717, 1.165) is 5.56 Å². The fraction of sp³-hybridized carbons (Fsp3) is 0.562. The van der Waals surface area contributed by atoms with E-state index in [9.17, 15) is 9.90 Å². The first-order chi connectivity index (χ1) is 9.78. The molecule has 0 aliphatic carbocycles. The number of aliphatic hydroxyl groups excluding tert-OH is 1. The van der Waals surface area contributed by atoms with Crippen LogP contribution in [0.5, 0.6) is 0 Å². The molecule has 1 aliphatic rings. The number of hydrogen-bond acceptors (Lipinski definition) is 4. The van der Waals surface area contributed by atoms with Gasteiger partial charge in [-0.25, -0.2) is 4.79 Å². The molecule has 1 aliphatic heterocycles. The van der Waals surface area contributed by atoms with Crippen molar-refractivity contribution in [3.8, 4) is 0 Å². The average Bonchev–Trinajstić information content (AvgIpc) is 3.11.